The monoisotopic (exact) mass is 512 g/mol. The zero-order chi connectivity index (χ0) is 26.9. The van der Waals surface area contributed by atoms with Gasteiger partial charge in [0.15, 0.2) is 11.6 Å². The molecule has 0 spiro atoms. The third-order valence-electron chi connectivity index (χ3n) is 6.54. The summed E-state index contributed by atoms with van der Waals surface area (Å²) in [5, 5.41) is 48.8. The van der Waals surface area contributed by atoms with Gasteiger partial charge in [0, 0.05) is 54.6 Å². The molecular weight excluding hydrogens is 484 g/mol. The molecule has 4 rings (SSSR count). The summed E-state index contributed by atoms with van der Waals surface area (Å²) < 4.78 is 5.07. The molecular formula is C26H28N2O9. The first-order valence-corrected chi connectivity index (χ1v) is 11.9. The van der Waals surface area contributed by atoms with Crippen LogP contribution in [-0.4, -0.2) is 69.3 Å². The first-order chi connectivity index (χ1) is 17.6. The number of ether oxygens (including phenoxy) is 1. The first-order valence-electron chi connectivity index (χ1n) is 11.9. The van der Waals surface area contributed by atoms with Gasteiger partial charge in [-0.15, -0.1) is 0 Å². The van der Waals surface area contributed by atoms with Crippen LogP contribution in [0.1, 0.15) is 75.3 Å². The fourth-order valence-electron chi connectivity index (χ4n) is 4.78. The number of ketones is 2. The van der Waals surface area contributed by atoms with Crippen molar-refractivity contribution < 1.29 is 44.3 Å². The van der Waals surface area contributed by atoms with Gasteiger partial charge in [-0.25, -0.2) is 4.79 Å². The van der Waals surface area contributed by atoms with E-state index in [4.69, 9.17) is 4.74 Å². The molecule has 0 aromatic heterocycles. The van der Waals surface area contributed by atoms with Crippen molar-refractivity contribution in [2.24, 2.45) is 0 Å². The number of aliphatic hydroxyl groups is 2. The molecule has 0 bridgehead atoms. The van der Waals surface area contributed by atoms with E-state index in [0.29, 0.717) is 6.54 Å². The number of benzene rings is 2. The van der Waals surface area contributed by atoms with Gasteiger partial charge >= 0.3 is 6.09 Å². The van der Waals surface area contributed by atoms with Crippen molar-refractivity contribution in [2.45, 2.75) is 44.3 Å². The van der Waals surface area contributed by atoms with Crippen LogP contribution in [0.5, 0.6) is 11.5 Å². The zero-order valence-corrected chi connectivity index (χ0v) is 20.2. The molecule has 2 aromatic rings. The van der Waals surface area contributed by atoms with E-state index in [-0.39, 0.29) is 54.0 Å². The maximum Gasteiger partial charge on any atom is 0.407 e. The Morgan fingerprint density at radius 3 is 2.27 bits per heavy atom. The zero-order valence-electron chi connectivity index (χ0n) is 20.2. The van der Waals surface area contributed by atoms with Crippen LogP contribution in [0.25, 0.3) is 0 Å². The highest BCUT2D eigenvalue weighted by Crippen LogP contribution is 2.50. The van der Waals surface area contributed by atoms with Crippen molar-refractivity contribution in [3.8, 4) is 11.5 Å². The summed E-state index contributed by atoms with van der Waals surface area (Å²) >= 11 is 0. The second-order valence-electron chi connectivity index (χ2n) is 9.27. The Morgan fingerprint density at radius 2 is 1.65 bits per heavy atom. The van der Waals surface area contributed by atoms with Gasteiger partial charge in [0.1, 0.15) is 23.7 Å². The van der Waals surface area contributed by atoms with Crippen LogP contribution in [0.2, 0.25) is 0 Å². The lowest BCUT2D eigenvalue weighted by Gasteiger charge is -2.37. The molecule has 0 radical (unpaired) electrons. The minimum Gasteiger partial charge on any atom is -0.507 e. The van der Waals surface area contributed by atoms with E-state index in [1.54, 1.807) is 12.1 Å². The van der Waals surface area contributed by atoms with Crippen LogP contribution in [0.3, 0.4) is 0 Å². The molecule has 0 saturated heterocycles. The Labute approximate surface area is 212 Å². The van der Waals surface area contributed by atoms with E-state index in [1.807, 2.05) is 6.92 Å². The maximum absolute atomic E-state index is 13.1. The minimum atomic E-state index is -1.85. The summed E-state index contributed by atoms with van der Waals surface area (Å²) in [5.41, 5.74) is -2.80. The summed E-state index contributed by atoms with van der Waals surface area (Å²) in [5.74, 6) is -2.84. The highest BCUT2D eigenvalue weighted by atomic mass is 16.6. The largest absolute Gasteiger partial charge is 0.507 e. The SMILES string of the molecule is CCCNC(=O)CCNC(=O)OCC1(O)Cc2c(O)c3c(c(O)c2[C@@H](O)C1)C(=O)c1ccccc1C3=O. The Kier molecular flexibility index (Phi) is 7.19. The van der Waals surface area contributed by atoms with E-state index in [2.05, 4.69) is 10.6 Å². The molecule has 37 heavy (non-hydrogen) atoms. The number of hydrogen-bond donors (Lipinski definition) is 6. The fraction of sp³-hybridized carbons (Fsp3) is 0.385. The number of carbonyl (C=O) groups is 4. The number of hydrogen-bond acceptors (Lipinski definition) is 9. The average Bonchev–Trinajstić information content (AvgIpc) is 2.86. The number of amides is 2. The average molecular weight is 513 g/mol. The molecule has 11 heteroatoms. The van der Waals surface area contributed by atoms with Gasteiger partial charge in [-0.1, -0.05) is 31.2 Å². The van der Waals surface area contributed by atoms with Gasteiger partial charge in [-0.3, -0.25) is 14.4 Å². The maximum atomic E-state index is 13.1. The van der Waals surface area contributed by atoms with Gasteiger partial charge in [0.25, 0.3) is 0 Å². The van der Waals surface area contributed by atoms with Crippen molar-refractivity contribution in [3.05, 3.63) is 57.6 Å². The van der Waals surface area contributed by atoms with E-state index in [9.17, 15) is 39.6 Å². The van der Waals surface area contributed by atoms with Gasteiger partial charge in [-0.2, -0.15) is 0 Å². The van der Waals surface area contributed by atoms with Gasteiger partial charge in [0.2, 0.25) is 5.91 Å². The molecule has 2 aromatic carbocycles. The molecule has 0 heterocycles. The topological polar surface area (TPSA) is 182 Å². The lowest BCUT2D eigenvalue weighted by Crippen LogP contribution is -2.44. The molecule has 6 N–H and O–H groups in total. The molecule has 0 aliphatic heterocycles. The van der Waals surface area contributed by atoms with Crippen molar-refractivity contribution in [3.63, 3.8) is 0 Å². The van der Waals surface area contributed by atoms with E-state index >= 15 is 0 Å². The number of phenols is 2. The van der Waals surface area contributed by atoms with Gasteiger partial charge < -0.3 is 35.8 Å². The molecule has 0 fully saturated rings. The predicted molar refractivity (Wildman–Crippen MR) is 129 cm³/mol. The van der Waals surface area contributed by atoms with Crippen LogP contribution in [0, 0.1) is 0 Å². The van der Waals surface area contributed by atoms with Crippen molar-refractivity contribution >= 4 is 23.6 Å². The number of fused-ring (bicyclic) bond motifs is 3. The second-order valence-corrected chi connectivity index (χ2v) is 9.27. The summed E-state index contributed by atoms with van der Waals surface area (Å²) in [6.45, 7) is 1.87. The minimum absolute atomic E-state index is 0.0106. The molecule has 2 atom stereocenters. The number of aromatic hydroxyl groups is 2. The summed E-state index contributed by atoms with van der Waals surface area (Å²) in [6, 6.07) is 5.99. The highest BCUT2D eigenvalue weighted by molar-refractivity contribution is 6.30. The second kappa shape index (κ2) is 10.2. The molecule has 2 aliphatic carbocycles. The normalized spacial score (nSPS) is 19.9. The smallest absolute Gasteiger partial charge is 0.407 e. The van der Waals surface area contributed by atoms with Gasteiger partial charge in [-0.05, 0) is 6.42 Å². The van der Waals surface area contributed by atoms with Crippen LogP contribution in [0.15, 0.2) is 24.3 Å². The van der Waals surface area contributed by atoms with Crippen molar-refractivity contribution in [2.75, 3.05) is 19.7 Å². The summed E-state index contributed by atoms with van der Waals surface area (Å²) in [4.78, 5) is 49.8. The quantitative estimate of drug-likeness (QED) is 0.254. The van der Waals surface area contributed by atoms with E-state index in [1.165, 1.54) is 12.1 Å². The molecule has 1 unspecified atom stereocenters. The number of aliphatic hydroxyl groups excluding tert-OH is 1. The molecule has 11 nitrogen and oxygen atoms in total. The standard InChI is InChI=1S/C26H28N2O9/c1-2-8-27-17(30)7-9-28-25(35)37-12-26(36)10-15-18(16(29)11-26)24(34)20-19(23(15)33)21(31)13-5-3-4-6-14(13)22(20)32/h3-6,16,29,33-34,36H,2,7-12H2,1H3,(H,27,30)(H,28,35)/t16-,26?/m0/s1. The van der Waals surface area contributed by atoms with Crippen LogP contribution in [0.4, 0.5) is 4.79 Å². The fourth-order valence-corrected chi connectivity index (χ4v) is 4.78. The van der Waals surface area contributed by atoms with E-state index in [0.717, 1.165) is 6.42 Å². The Hall–Kier alpha value is -3.96. The number of nitrogens with one attached hydrogen (secondary N) is 2. The predicted octanol–water partition coefficient (Wildman–Crippen LogP) is 1.23. The van der Waals surface area contributed by atoms with Crippen molar-refractivity contribution in [1.29, 1.82) is 0 Å². The Bertz CT molecular complexity index is 1290. The molecule has 2 amide bonds. The lowest BCUT2D eigenvalue weighted by molar-refractivity contribution is -0.120. The van der Waals surface area contributed by atoms with E-state index < -0.39 is 58.6 Å². The Balaban J connectivity index is 1.52. The van der Waals surface area contributed by atoms with Crippen LogP contribution in [-0.2, 0) is 16.0 Å². The van der Waals surface area contributed by atoms with Crippen LogP contribution >= 0.6 is 0 Å². The number of alkyl carbamates (subject to hydrolysis) is 1. The summed E-state index contributed by atoms with van der Waals surface area (Å²) in [7, 11) is 0. The number of rotatable bonds is 7. The van der Waals surface area contributed by atoms with Gasteiger partial charge in [0.05, 0.1) is 17.2 Å². The molecule has 196 valence electrons. The third kappa shape index (κ3) is 4.87. The summed E-state index contributed by atoms with van der Waals surface area (Å²) in [6.07, 6.45) is -2.35. The number of carbonyl (C=O) groups excluding carboxylic acids is 4. The van der Waals surface area contributed by atoms with Crippen LogP contribution < -0.4 is 10.6 Å². The molecule has 0 saturated carbocycles. The highest BCUT2D eigenvalue weighted by Gasteiger charge is 2.45. The number of phenolic OH excluding ortho intramolecular Hbond substituents is 2. The van der Waals surface area contributed by atoms with Crippen molar-refractivity contribution in [1.82, 2.24) is 10.6 Å². The first kappa shape index (κ1) is 26.1. The molecule has 2 aliphatic rings. The Morgan fingerprint density at radius 1 is 1.03 bits per heavy atom. The third-order valence-corrected chi connectivity index (χ3v) is 6.54. The lowest BCUT2D eigenvalue weighted by atomic mass is 9.73.